The lowest BCUT2D eigenvalue weighted by molar-refractivity contribution is -0.141. The minimum Gasteiger partial charge on any atom is -0.354 e. The third-order valence-corrected chi connectivity index (χ3v) is 3.08. The molecule has 0 fully saturated rings. The Morgan fingerprint density at radius 2 is 2.10 bits per heavy atom. The van der Waals surface area contributed by atoms with E-state index >= 15 is 0 Å². The highest BCUT2D eigenvalue weighted by atomic mass is 19.4. The van der Waals surface area contributed by atoms with Gasteiger partial charge in [0.2, 0.25) is 0 Å². The Labute approximate surface area is 120 Å². The van der Waals surface area contributed by atoms with Gasteiger partial charge >= 0.3 is 6.18 Å². The van der Waals surface area contributed by atoms with Crippen molar-refractivity contribution < 1.29 is 13.2 Å². The van der Waals surface area contributed by atoms with Crippen molar-refractivity contribution in [2.45, 2.75) is 19.5 Å². The topological polar surface area (TPSA) is 45.5 Å². The van der Waals surface area contributed by atoms with Gasteiger partial charge in [0.25, 0.3) is 0 Å². The number of hydrogen-bond donors (Lipinski definition) is 1. The summed E-state index contributed by atoms with van der Waals surface area (Å²) in [6.45, 7) is 4.14. The number of rotatable bonds is 6. The molecule has 0 radical (unpaired) electrons. The quantitative estimate of drug-likeness (QED) is 0.888. The van der Waals surface area contributed by atoms with Crippen molar-refractivity contribution in [3.8, 4) is 0 Å². The molecule has 0 aromatic carbocycles. The molecule has 2 rings (SSSR count). The fourth-order valence-corrected chi connectivity index (χ4v) is 2.13. The van der Waals surface area contributed by atoms with Gasteiger partial charge in [0, 0.05) is 38.1 Å². The number of anilines is 1. The smallest absolute Gasteiger partial charge is 0.354 e. The molecule has 0 saturated carbocycles. The highest BCUT2D eigenvalue weighted by Crippen LogP contribution is 2.30. The minimum absolute atomic E-state index is 0.370. The second kappa shape index (κ2) is 6.30. The van der Waals surface area contributed by atoms with E-state index in [1.165, 1.54) is 16.9 Å². The molecule has 5 nitrogen and oxygen atoms in total. The molecule has 2 aromatic heterocycles. The van der Waals surface area contributed by atoms with Gasteiger partial charge in [0.05, 0.1) is 0 Å². The van der Waals surface area contributed by atoms with Gasteiger partial charge in [-0.3, -0.25) is 0 Å². The van der Waals surface area contributed by atoms with Gasteiger partial charge in [-0.05, 0) is 13.5 Å². The normalized spacial score (nSPS) is 12.0. The average molecular weight is 301 g/mol. The van der Waals surface area contributed by atoms with Crippen LogP contribution < -0.4 is 10.2 Å². The van der Waals surface area contributed by atoms with Crippen LogP contribution in [0.4, 0.5) is 19.0 Å². The predicted molar refractivity (Wildman–Crippen MR) is 74.4 cm³/mol. The van der Waals surface area contributed by atoms with E-state index in [1.807, 2.05) is 18.9 Å². The molecule has 0 amide bonds. The van der Waals surface area contributed by atoms with Crippen molar-refractivity contribution >= 4 is 11.3 Å². The lowest BCUT2D eigenvalue weighted by Gasteiger charge is -2.23. The second-order valence-electron chi connectivity index (χ2n) is 4.70. The monoisotopic (exact) mass is 301 g/mol. The Bertz CT molecular complexity index is 593. The van der Waals surface area contributed by atoms with Crippen LogP contribution in [0.15, 0.2) is 18.5 Å². The molecular weight excluding hydrogens is 283 g/mol. The summed E-state index contributed by atoms with van der Waals surface area (Å²) < 4.78 is 39.6. The maximum atomic E-state index is 12.8. The van der Waals surface area contributed by atoms with Crippen LogP contribution in [0, 0.1) is 0 Å². The first kappa shape index (κ1) is 15.6. The third-order valence-electron chi connectivity index (χ3n) is 3.08. The van der Waals surface area contributed by atoms with E-state index in [4.69, 9.17) is 0 Å². The van der Waals surface area contributed by atoms with E-state index in [-0.39, 0.29) is 0 Å². The lowest BCUT2D eigenvalue weighted by Crippen LogP contribution is -2.32. The highest BCUT2D eigenvalue weighted by Gasteiger charge is 2.34. The Kier molecular flexibility index (Phi) is 4.66. The molecule has 21 heavy (non-hydrogen) atoms. The average Bonchev–Trinajstić information content (AvgIpc) is 2.87. The minimum atomic E-state index is -4.45. The van der Waals surface area contributed by atoms with Crippen LogP contribution in [0.1, 0.15) is 19.0 Å². The van der Waals surface area contributed by atoms with Gasteiger partial charge in [-0.15, -0.1) is 0 Å². The van der Waals surface area contributed by atoms with E-state index in [0.717, 1.165) is 25.6 Å². The van der Waals surface area contributed by atoms with Gasteiger partial charge in [-0.1, -0.05) is 6.92 Å². The van der Waals surface area contributed by atoms with E-state index in [9.17, 15) is 13.2 Å². The number of alkyl halides is 3. The van der Waals surface area contributed by atoms with Gasteiger partial charge in [-0.2, -0.15) is 18.3 Å². The molecule has 0 aliphatic carbocycles. The molecule has 0 unspecified atom stereocenters. The SMILES string of the molecule is CCCN(CCNC)c1nccn2nc(C(F)(F)F)cc12. The van der Waals surface area contributed by atoms with Gasteiger partial charge in [0.15, 0.2) is 11.5 Å². The lowest BCUT2D eigenvalue weighted by atomic mass is 10.3. The maximum Gasteiger partial charge on any atom is 0.435 e. The summed E-state index contributed by atoms with van der Waals surface area (Å²) in [5.41, 5.74) is -0.531. The summed E-state index contributed by atoms with van der Waals surface area (Å²) in [5, 5.41) is 6.61. The third kappa shape index (κ3) is 3.44. The molecule has 2 aromatic rings. The van der Waals surface area contributed by atoms with Crippen LogP contribution in [0.5, 0.6) is 0 Å². The van der Waals surface area contributed by atoms with Crippen LogP contribution in [-0.4, -0.2) is 41.3 Å². The first-order valence-corrected chi connectivity index (χ1v) is 6.78. The van der Waals surface area contributed by atoms with Crippen molar-refractivity contribution in [2.24, 2.45) is 0 Å². The van der Waals surface area contributed by atoms with Gasteiger partial charge < -0.3 is 10.2 Å². The van der Waals surface area contributed by atoms with E-state index in [0.29, 0.717) is 17.9 Å². The Balaban J connectivity index is 2.44. The van der Waals surface area contributed by atoms with Crippen LogP contribution in [0.3, 0.4) is 0 Å². The zero-order valence-corrected chi connectivity index (χ0v) is 12.0. The second-order valence-corrected chi connectivity index (χ2v) is 4.70. The van der Waals surface area contributed by atoms with Crippen LogP contribution >= 0.6 is 0 Å². The molecule has 0 aliphatic heterocycles. The van der Waals surface area contributed by atoms with Crippen LogP contribution in [0.2, 0.25) is 0 Å². The summed E-state index contributed by atoms with van der Waals surface area (Å²) in [5.74, 6) is 0.526. The molecule has 2 heterocycles. The molecule has 1 N–H and O–H groups in total. The van der Waals surface area contributed by atoms with E-state index in [1.54, 1.807) is 0 Å². The summed E-state index contributed by atoms with van der Waals surface area (Å²) in [6.07, 6.45) is -0.676. The molecule has 0 spiro atoms. The Hall–Kier alpha value is -1.83. The Morgan fingerprint density at radius 3 is 2.71 bits per heavy atom. The molecule has 0 bridgehead atoms. The molecule has 0 saturated heterocycles. The van der Waals surface area contributed by atoms with Gasteiger partial charge in [0.1, 0.15) is 5.52 Å². The number of halogens is 3. The molecule has 0 atom stereocenters. The predicted octanol–water partition coefficient (Wildman–Crippen LogP) is 2.18. The zero-order chi connectivity index (χ0) is 15.5. The highest BCUT2D eigenvalue weighted by molar-refractivity contribution is 5.69. The van der Waals surface area contributed by atoms with Crippen LogP contribution in [-0.2, 0) is 6.18 Å². The van der Waals surface area contributed by atoms with Crippen molar-refractivity contribution in [1.29, 1.82) is 0 Å². The largest absolute Gasteiger partial charge is 0.435 e. The molecular formula is C13H18F3N5. The van der Waals surface area contributed by atoms with Crippen molar-refractivity contribution in [2.75, 3.05) is 31.6 Å². The number of aromatic nitrogens is 3. The van der Waals surface area contributed by atoms with E-state index in [2.05, 4.69) is 15.4 Å². The van der Waals surface area contributed by atoms with Gasteiger partial charge in [-0.25, -0.2) is 9.50 Å². The number of nitrogens with zero attached hydrogens (tertiary/aromatic N) is 4. The van der Waals surface area contributed by atoms with E-state index < -0.39 is 11.9 Å². The summed E-state index contributed by atoms with van der Waals surface area (Å²) in [6, 6.07) is 1.05. The molecule has 0 aliphatic rings. The molecule has 8 heteroatoms. The summed E-state index contributed by atoms with van der Waals surface area (Å²) in [7, 11) is 1.83. The summed E-state index contributed by atoms with van der Waals surface area (Å²) >= 11 is 0. The number of likely N-dealkylation sites (N-methyl/N-ethyl adjacent to an activating group) is 1. The number of nitrogens with one attached hydrogen (secondary N) is 1. The standard InChI is InChI=1S/C13H18F3N5/c1-3-6-20(7-4-17-2)12-10-9-11(13(14,15)16)19-21(10)8-5-18-12/h5,8-9,17H,3-4,6-7H2,1-2H3. The first-order valence-electron chi connectivity index (χ1n) is 6.78. The number of hydrogen-bond acceptors (Lipinski definition) is 4. The number of fused-ring (bicyclic) bond motifs is 1. The zero-order valence-electron chi connectivity index (χ0n) is 12.0. The maximum absolute atomic E-state index is 12.8. The fraction of sp³-hybridized carbons (Fsp3) is 0.538. The summed E-state index contributed by atoms with van der Waals surface area (Å²) in [4.78, 5) is 6.21. The molecule has 116 valence electrons. The van der Waals surface area contributed by atoms with Crippen molar-refractivity contribution in [3.63, 3.8) is 0 Å². The fourth-order valence-electron chi connectivity index (χ4n) is 2.13. The Morgan fingerprint density at radius 1 is 1.33 bits per heavy atom. The van der Waals surface area contributed by atoms with Crippen LogP contribution in [0.25, 0.3) is 5.52 Å². The van der Waals surface area contributed by atoms with Crippen molar-refractivity contribution in [3.05, 3.63) is 24.2 Å². The van der Waals surface area contributed by atoms with Crippen molar-refractivity contribution in [1.82, 2.24) is 19.9 Å². The first-order chi connectivity index (χ1) is 9.97.